The minimum Gasteiger partial charge on any atom is -0.340 e. The number of carbonyl (C=O) groups excluding carboxylic acids is 1. The van der Waals surface area contributed by atoms with Crippen molar-refractivity contribution in [1.29, 1.82) is 0 Å². The summed E-state index contributed by atoms with van der Waals surface area (Å²) in [5.41, 5.74) is 0. The first-order valence-electron chi connectivity index (χ1n) is 8.52. The summed E-state index contributed by atoms with van der Waals surface area (Å²) < 4.78 is 28.6. The summed E-state index contributed by atoms with van der Waals surface area (Å²) in [6.45, 7) is 5.32. The van der Waals surface area contributed by atoms with E-state index in [0.29, 0.717) is 45.2 Å². The van der Waals surface area contributed by atoms with Crippen LogP contribution in [0.25, 0.3) is 0 Å². The molecule has 3 aliphatic rings. The van der Waals surface area contributed by atoms with Gasteiger partial charge in [-0.25, -0.2) is 0 Å². The molecule has 0 aromatic rings. The van der Waals surface area contributed by atoms with Crippen LogP contribution in [-0.4, -0.2) is 67.1 Å². The fraction of sp³-hybridized carbons (Fsp3) is 0.933. The second-order valence-corrected chi connectivity index (χ2v) is 8.89. The summed E-state index contributed by atoms with van der Waals surface area (Å²) in [7, 11) is -3.35. The minimum absolute atomic E-state index is 0.200. The van der Waals surface area contributed by atoms with Crippen molar-refractivity contribution in [3.8, 4) is 0 Å². The Hall–Kier alpha value is -0.660. The largest absolute Gasteiger partial charge is 0.340 e. The third-order valence-corrected chi connectivity index (χ3v) is 7.28. The predicted octanol–water partition coefficient (Wildman–Crippen LogP) is 0.907. The Morgan fingerprint density at radius 2 is 1.59 bits per heavy atom. The van der Waals surface area contributed by atoms with Crippen LogP contribution >= 0.6 is 0 Å². The molecule has 1 saturated carbocycles. The predicted molar refractivity (Wildman–Crippen MR) is 84.4 cm³/mol. The van der Waals surface area contributed by atoms with E-state index in [1.54, 1.807) is 8.61 Å². The lowest BCUT2D eigenvalue weighted by Crippen LogP contribution is -2.56. The van der Waals surface area contributed by atoms with Gasteiger partial charge in [-0.2, -0.15) is 17.0 Å². The summed E-state index contributed by atoms with van der Waals surface area (Å²) >= 11 is 0. The maximum absolute atomic E-state index is 12.7. The van der Waals surface area contributed by atoms with Gasteiger partial charge in [0.25, 0.3) is 10.2 Å². The lowest BCUT2D eigenvalue weighted by molar-refractivity contribution is -0.139. The van der Waals surface area contributed by atoms with Crippen LogP contribution in [0, 0.1) is 11.8 Å². The zero-order valence-electron chi connectivity index (χ0n) is 13.4. The maximum Gasteiger partial charge on any atom is 0.282 e. The van der Waals surface area contributed by atoms with Crippen molar-refractivity contribution in [2.45, 2.75) is 39.0 Å². The third-order valence-electron chi connectivity index (χ3n) is 5.28. The number of piperidine rings is 1. The first-order chi connectivity index (χ1) is 10.5. The van der Waals surface area contributed by atoms with Gasteiger partial charge in [-0.05, 0) is 31.6 Å². The fourth-order valence-electron chi connectivity index (χ4n) is 3.57. The molecule has 1 unspecified atom stereocenters. The van der Waals surface area contributed by atoms with Crippen molar-refractivity contribution in [2.75, 3.05) is 39.3 Å². The van der Waals surface area contributed by atoms with Crippen LogP contribution in [0.3, 0.4) is 0 Å². The zero-order valence-corrected chi connectivity index (χ0v) is 14.2. The van der Waals surface area contributed by atoms with Gasteiger partial charge in [-0.15, -0.1) is 0 Å². The summed E-state index contributed by atoms with van der Waals surface area (Å²) in [6.07, 6.45) is 5.21. The Bertz CT molecular complexity index is 510. The molecule has 1 aliphatic carbocycles. The standard InChI is InChI=1S/C15H27N3O3S/c1-13-4-3-7-18(12-13)22(20,21)17-10-8-16(9-11-17)15(19)14-5-2-6-14/h13-14H,2-12H2,1H3. The van der Waals surface area contributed by atoms with Crippen LogP contribution in [0.2, 0.25) is 0 Å². The molecule has 126 valence electrons. The number of hydrogen-bond acceptors (Lipinski definition) is 3. The van der Waals surface area contributed by atoms with E-state index in [1.165, 1.54) is 0 Å². The van der Waals surface area contributed by atoms with Crippen molar-refractivity contribution >= 4 is 16.1 Å². The molecule has 3 rings (SSSR count). The Balaban J connectivity index is 1.56. The van der Waals surface area contributed by atoms with Crippen LogP contribution in [0.15, 0.2) is 0 Å². The molecule has 0 aromatic heterocycles. The topological polar surface area (TPSA) is 60.9 Å². The average Bonchev–Trinajstić information content (AvgIpc) is 2.45. The van der Waals surface area contributed by atoms with Crippen molar-refractivity contribution in [1.82, 2.24) is 13.5 Å². The van der Waals surface area contributed by atoms with E-state index in [4.69, 9.17) is 0 Å². The van der Waals surface area contributed by atoms with Gasteiger partial charge in [0, 0.05) is 45.2 Å². The van der Waals surface area contributed by atoms with Crippen molar-refractivity contribution in [3.05, 3.63) is 0 Å². The van der Waals surface area contributed by atoms with E-state index >= 15 is 0 Å². The second kappa shape index (κ2) is 6.45. The molecule has 0 aromatic carbocycles. The summed E-state index contributed by atoms with van der Waals surface area (Å²) in [6, 6.07) is 0. The molecule has 0 N–H and O–H groups in total. The van der Waals surface area contributed by atoms with Gasteiger partial charge in [0.05, 0.1) is 0 Å². The van der Waals surface area contributed by atoms with E-state index in [-0.39, 0.29) is 11.8 Å². The molecule has 0 spiro atoms. The molecule has 1 atom stereocenters. The monoisotopic (exact) mass is 329 g/mol. The number of hydrogen-bond donors (Lipinski definition) is 0. The van der Waals surface area contributed by atoms with Gasteiger partial charge in [-0.3, -0.25) is 4.79 Å². The molecule has 2 saturated heterocycles. The highest BCUT2D eigenvalue weighted by atomic mass is 32.2. The van der Waals surface area contributed by atoms with Gasteiger partial charge < -0.3 is 4.90 Å². The van der Waals surface area contributed by atoms with Crippen LogP contribution in [0.1, 0.15) is 39.0 Å². The molecule has 22 heavy (non-hydrogen) atoms. The Morgan fingerprint density at radius 3 is 2.14 bits per heavy atom. The van der Waals surface area contributed by atoms with Crippen LogP contribution in [-0.2, 0) is 15.0 Å². The van der Waals surface area contributed by atoms with E-state index in [2.05, 4.69) is 6.92 Å². The lowest BCUT2D eigenvalue weighted by atomic mass is 9.84. The van der Waals surface area contributed by atoms with Gasteiger partial charge in [0.2, 0.25) is 5.91 Å². The highest BCUT2D eigenvalue weighted by molar-refractivity contribution is 7.86. The SMILES string of the molecule is CC1CCCN(S(=O)(=O)N2CCN(C(=O)C3CCC3)CC2)C1. The zero-order chi connectivity index (χ0) is 15.7. The second-order valence-electron chi connectivity index (χ2n) is 6.97. The normalized spacial score (nSPS) is 29.3. The van der Waals surface area contributed by atoms with Gasteiger partial charge in [0.1, 0.15) is 0 Å². The van der Waals surface area contributed by atoms with Crippen LogP contribution in [0.5, 0.6) is 0 Å². The molecule has 0 radical (unpaired) electrons. The first kappa shape index (κ1) is 16.2. The number of rotatable bonds is 3. The third kappa shape index (κ3) is 3.16. The van der Waals surface area contributed by atoms with Crippen molar-refractivity contribution in [2.24, 2.45) is 11.8 Å². The molecular weight excluding hydrogens is 302 g/mol. The molecule has 3 fully saturated rings. The van der Waals surface area contributed by atoms with E-state index in [0.717, 1.165) is 32.1 Å². The van der Waals surface area contributed by atoms with Gasteiger partial charge in [0.15, 0.2) is 0 Å². The number of piperazine rings is 1. The van der Waals surface area contributed by atoms with Crippen molar-refractivity contribution < 1.29 is 13.2 Å². The summed E-state index contributed by atoms with van der Waals surface area (Å²) in [5, 5.41) is 0. The number of amides is 1. The highest BCUT2D eigenvalue weighted by Gasteiger charge is 2.37. The summed E-state index contributed by atoms with van der Waals surface area (Å²) in [4.78, 5) is 14.1. The molecule has 2 heterocycles. The quantitative estimate of drug-likeness (QED) is 0.773. The smallest absolute Gasteiger partial charge is 0.282 e. The van der Waals surface area contributed by atoms with Crippen LogP contribution in [0.4, 0.5) is 0 Å². The maximum atomic E-state index is 12.7. The molecule has 0 bridgehead atoms. The highest BCUT2D eigenvalue weighted by Crippen LogP contribution is 2.29. The van der Waals surface area contributed by atoms with Gasteiger partial charge in [-0.1, -0.05) is 13.3 Å². The Kier molecular flexibility index (Phi) is 4.75. The number of nitrogens with zero attached hydrogens (tertiary/aromatic N) is 3. The van der Waals surface area contributed by atoms with E-state index in [1.807, 2.05) is 4.90 Å². The Morgan fingerprint density at radius 1 is 0.909 bits per heavy atom. The van der Waals surface area contributed by atoms with Gasteiger partial charge >= 0.3 is 0 Å². The Labute approximate surface area is 133 Å². The number of carbonyl (C=O) groups is 1. The molecule has 7 heteroatoms. The van der Waals surface area contributed by atoms with E-state index in [9.17, 15) is 13.2 Å². The lowest BCUT2D eigenvalue weighted by Gasteiger charge is -2.40. The molecule has 6 nitrogen and oxygen atoms in total. The van der Waals surface area contributed by atoms with Crippen LogP contribution < -0.4 is 0 Å². The average molecular weight is 329 g/mol. The van der Waals surface area contributed by atoms with Crippen molar-refractivity contribution in [3.63, 3.8) is 0 Å². The first-order valence-corrected chi connectivity index (χ1v) is 9.92. The molecular formula is C15H27N3O3S. The summed E-state index contributed by atoms with van der Waals surface area (Å²) in [5.74, 6) is 0.867. The van der Waals surface area contributed by atoms with E-state index < -0.39 is 10.2 Å². The minimum atomic E-state index is -3.35. The fourth-order valence-corrected chi connectivity index (χ4v) is 5.33. The molecule has 1 amide bonds. The molecule has 2 aliphatic heterocycles.